The van der Waals surface area contributed by atoms with Crippen molar-refractivity contribution in [3.63, 3.8) is 0 Å². The van der Waals surface area contributed by atoms with Crippen molar-refractivity contribution in [1.82, 2.24) is 10.2 Å². The maximum Gasteiger partial charge on any atom is 0.275 e. The summed E-state index contributed by atoms with van der Waals surface area (Å²) >= 11 is 0. The van der Waals surface area contributed by atoms with E-state index >= 15 is 0 Å². The maximum absolute atomic E-state index is 12.2. The van der Waals surface area contributed by atoms with Crippen LogP contribution in [0.4, 0.5) is 0 Å². The highest BCUT2D eigenvalue weighted by molar-refractivity contribution is 5.77. The van der Waals surface area contributed by atoms with Crippen molar-refractivity contribution >= 4 is 11.8 Å². The fourth-order valence-corrected chi connectivity index (χ4v) is 3.04. The van der Waals surface area contributed by atoms with Crippen LogP contribution in [0.1, 0.15) is 12.5 Å². The molecule has 26 heavy (non-hydrogen) atoms. The third kappa shape index (κ3) is 5.01. The van der Waals surface area contributed by atoms with E-state index < -0.39 is 0 Å². The van der Waals surface area contributed by atoms with E-state index in [1.165, 1.54) is 4.90 Å². The van der Waals surface area contributed by atoms with Crippen molar-refractivity contribution in [2.45, 2.75) is 13.5 Å². The zero-order valence-corrected chi connectivity index (χ0v) is 15.9. The number of piperazine rings is 1. The van der Waals surface area contributed by atoms with E-state index in [-0.39, 0.29) is 11.8 Å². The second-order valence-corrected chi connectivity index (χ2v) is 6.24. The molecule has 0 aliphatic carbocycles. The summed E-state index contributed by atoms with van der Waals surface area (Å²) in [7, 11) is 4.67. The number of methoxy groups -OCH3 is 3. The minimum absolute atomic E-state index is 0.0231. The average Bonchev–Trinajstić information content (AvgIpc) is 2.65. The molecule has 1 fully saturated rings. The largest absolute Gasteiger partial charge is 0.493 e. The minimum Gasteiger partial charge on any atom is -0.493 e. The van der Waals surface area contributed by atoms with Gasteiger partial charge in [0.25, 0.3) is 5.91 Å². The molecule has 0 bridgehead atoms. The fourth-order valence-electron chi connectivity index (χ4n) is 3.04. The maximum atomic E-state index is 12.2. The lowest BCUT2D eigenvalue weighted by Gasteiger charge is -2.31. The van der Waals surface area contributed by atoms with E-state index in [0.29, 0.717) is 43.4 Å². The molecule has 0 atom stereocenters. The second kappa shape index (κ2) is 9.28. The number of nitrogens with zero attached hydrogens (tertiary/aromatic N) is 1. The van der Waals surface area contributed by atoms with Gasteiger partial charge in [0.1, 0.15) is 0 Å². The summed E-state index contributed by atoms with van der Waals surface area (Å²) < 4.78 is 15.9. The third-order valence-corrected chi connectivity index (χ3v) is 4.54. The van der Waals surface area contributed by atoms with Gasteiger partial charge in [-0.15, -0.1) is 0 Å². The molecule has 2 amide bonds. The predicted molar refractivity (Wildman–Crippen MR) is 95.8 cm³/mol. The molecule has 8 heteroatoms. The summed E-state index contributed by atoms with van der Waals surface area (Å²) in [6, 6.07) is 3.64. The molecule has 0 radical (unpaired) electrons. The van der Waals surface area contributed by atoms with Crippen LogP contribution >= 0.6 is 0 Å². The Morgan fingerprint density at radius 3 is 2.12 bits per heavy atom. The van der Waals surface area contributed by atoms with Crippen LogP contribution in [0, 0.1) is 0 Å². The SMILES string of the molecule is COc1cc(CNC(=O)C[NH+]2CCN(C(C)=O)CC2)cc(OC)c1OC. The van der Waals surface area contributed by atoms with Crippen LogP contribution in [-0.2, 0) is 16.1 Å². The van der Waals surface area contributed by atoms with E-state index in [9.17, 15) is 9.59 Å². The first-order valence-corrected chi connectivity index (χ1v) is 8.63. The summed E-state index contributed by atoms with van der Waals surface area (Å²) in [6.07, 6.45) is 0. The fraction of sp³-hybridized carbons (Fsp3) is 0.556. The van der Waals surface area contributed by atoms with Gasteiger partial charge in [-0.3, -0.25) is 9.59 Å². The Balaban J connectivity index is 1.88. The van der Waals surface area contributed by atoms with Crippen molar-refractivity contribution < 1.29 is 28.7 Å². The monoisotopic (exact) mass is 366 g/mol. The molecule has 8 nitrogen and oxygen atoms in total. The molecular weight excluding hydrogens is 338 g/mol. The van der Waals surface area contributed by atoms with Gasteiger partial charge in [0, 0.05) is 13.5 Å². The quantitative estimate of drug-likeness (QED) is 0.652. The van der Waals surface area contributed by atoms with Gasteiger partial charge in [-0.25, -0.2) is 0 Å². The third-order valence-electron chi connectivity index (χ3n) is 4.54. The predicted octanol–water partition coefficient (Wildman–Crippen LogP) is -0.924. The topological polar surface area (TPSA) is 81.5 Å². The van der Waals surface area contributed by atoms with Gasteiger partial charge in [-0.05, 0) is 17.7 Å². The lowest BCUT2D eigenvalue weighted by Crippen LogP contribution is -3.15. The van der Waals surface area contributed by atoms with Gasteiger partial charge in [-0.2, -0.15) is 0 Å². The first-order chi connectivity index (χ1) is 12.5. The minimum atomic E-state index is -0.0231. The summed E-state index contributed by atoms with van der Waals surface area (Å²) in [5.74, 6) is 1.71. The highest BCUT2D eigenvalue weighted by Gasteiger charge is 2.23. The lowest BCUT2D eigenvalue weighted by molar-refractivity contribution is -0.896. The summed E-state index contributed by atoms with van der Waals surface area (Å²) in [4.78, 5) is 26.6. The van der Waals surface area contributed by atoms with Crippen molar-refractivity contribution in [2.75, 3.05) is 54.1 Å². The number of quaternary nitrogens is 1. The van der Waals surface area contributed by atoms with E-state index in [4.69, 9.17) is 14.2 Å². The Morgan fingerprint density at radius 2 is 1.65 bits per heavy atom. The molecule has 2 rings (SSSR count). The standard InChI is InChI=1S/C18H27N3O5/c1-13(22)21-7-5-20(6-8-21)12-17(23)19-11-14-9-15(24-2)18(26-4)16(10-14)25-3/h9-10H,5-8,11-12H2,1-4H3,(H,19,23)/p+1. The zero-order valence-electron chi connectivity index (χ0n) is 15.9. The van der Waals surface area contributed by atoms with Gasteiger partial charge in [0.05, 0.1) is 47.5 Å². The van der Waals surface area contributed by atoms with Crippen LogP contribution in [0.3, 0.4) is 0 Å². The van der Waals surface area contributed by atoms with Gasteiger partial charge in [0.15, 0.2) is 18.0 Å². The smallest absolute Gasteiger partial charge is 0.275 e. The summed E-state index contributed by atoms with van der Waals surface area (Å²) in [5, 5.41) is 2.93. The number of hydrogen-bond acceptors (Lipinski definition) is 5. The van der Waals surface area contributed by atoms with E-state index in [2.05, 4.69) is 5.32 Å². The van der Waals surface area contributed by atoms with Crippen molar-refractivity contribution in [3.8, 4) is 17.2 Å². The highest BCUT2D eigenvalue weighted by Crippen LogP contribution is 2.38. The van der Waals surface area contributed by atoms with Crippen molar-refractivity contribution in [2.24, 2.45) is 0 Å². The van der Waals surface area contributed by atoms with Crippen LogP contribution in [0.15, 0.2) is 12.1 Å². The molecule has 2 N–H and O–H groups in total. The molecular formula is C18H28N3O5+. The molecule has 0 spiro atoms. The number of carbonyl (C=O) groups is 2. The normalized spacial score (nSPS) is 14.7. The molecule has 144 valence electrons. The van der Waals surface area contributed by atoms with E-state index in [1.54, 1.807) is 28.3 Å². The van der Waals surface area contributed by atoms with Crippen molar-refractivity contribution in [1.29, 1.82) is 0 Å². The molecule has 1 saturated heterocycles. The Morgan fingerprint density at radius 1 is 1.08 bits per heavy atom. The molecule has 0 aromatic heterocycles. The lowest BCUT2D eigenvalue weighted by atomic mass is 10.1. The zero-order chi connectivity index (χ0) is 19.1. The van der Waals surface area contributed by atoms with Gasteiger partial charge >= 0.3 is 0 Å². The number of carbonyl (C=O) groups excluding carboxylic acids is 2. The Labute approximate surface area is 154 Å². The van der Waals surface area contributed by atoms with Gasteiger partial charge in [-0.1, -0.05) is 0 Å². The van der Waals surface area contributed by atoms with Crippen LogP contribution in [0.2, 0.25) is 0 Å². The second-order valence-electron chi connectivity index (χ2n) is 6.24. The van der Waals surface area contributed by atoms with Crippen LogP contribution < -0.4 is 24.4 Å². The number of nitrogens with one attached hydrogen (secondary N) is 2. The van der Waals surface area contributed by atoms with Gasteiger partial charge in [0.2, 0.25) is 11.7 Å². The first-order valence-electron chi connectivity index (χ1n) is 8.63. The van der Waals surface area contributed by atoms with Gasteiger partial charge < -0.3 is 29.3 Å². The number of amides is 2. The van der Waals surface area contributed by atoms with E-state index in [0.717, 1.165) is 18.7 Å². The number of hydrogen-bond donors (Lipinski definition) is 2. The first kappa shape index (κ1) is 19.8. The number of ether oxygens (including phenoxy) is 3. The van der Waals surface area contributed by atoms with E-state index in [1.807, 2.05) is 17.0 Å². The molecule has 1 aliphatic rings. The summed E-state index contributed by atoms with van der Waals surface area (Å²) in [6.45, 7) is 5.33. The molecule has 1 aromatic carbocycles. The molecule has 0 saturated carbocycles. The Kier molecular flexibility index (Phi) is 7.08. The molecule has 1 heterocycles. The molecule has 0 unspecified atom stereocenters. The molecule has 1 aliphatic heterocycles. The van der Waals surface area contributed by atoms with Crippen LogP contribution in [0.25, 0.3) is 0 Å². The number of rotatable bonds is 7. The summed E-state index contributed by atoms with van der Waals surface area (Å²) in [5.41, 5.74) is 0.865. The molecule has 1 aromatic rings. The van der Waals surface area contributed by atoms with Crippen molar-refractivity contribution in [3.05, 3.63) is 17.7 Å². The Bertz CT molecular complexity index is 617. The number of benzene rings is 1. The Hall–Kier alpha value is -2.48. The van der Waals surface area contributed by atoms with Crippen LogP contribution in [-0.4, -0.2) is 70.8 Å². The van der Waals surface area contributed by atoms with Crippen LogP contribution in [0.5, 0.6) is 17.2 Å². The highest BCUT2D eigenvalue weighted by atomic mass is 16.5. The average molecular weight is 366 g/mol.